The van der Waals surface area contributed by atoms with Crippen molar-refractivity contribution in [3.8, 4) is 0 Å². The normalized spacial score (nSPS) is 21.7. The predicted octanol–water partition coefficient (Wildman–Crippen LogP) is 3.11. The summed E-state index contributed by atoms with van der Waals surface area (Å²) < 4.78 is 6.95. The molecule has 23 heavy (non-hydrogen) atoms. The number of hydrogen-bond donors (Lipinski definition) is 1. The fourth-order valence-corrected chi connectivity index (χ4v) is 2.80. The summed E-state index contributed by atoms with van der Waals surface area (Å²) in [5, 5.41) is 18.0. The predicted molar refractivity (Wildman–Crippen MR) is 84.3 cm³/mol. The second-order valence-electron chi connectivity index (χ2n) is 6.99. The molecule has 1 aromatic heterocycles. The number of aryl methyl sites for hydroxylation is 1. The molecule has 0 unspecified atom stereocenters. The van der Waals surface area contributed by atoms with Crippen LogP contribution in [0.4, 0.5) is 10.5 Å². The van der Waals surface area contributed by atoms with Gasteiger partial charge in [-0.1, -0.05) is 0 Å². The molecule has 1 saturated carbocycles. The zero-order valence-corrected chi connectivity index (χ0v) is 14.0. The highest BCUT2D eigenvalue weighted by atomic mass is 16.6. The molecule has 0 bridgehead atoms. The largest absolute Gasteiger partial charge is 0.444 e. The first kappa shape index (κ1) is 17.2. The van der Waals surface area contributed by atoms with Crippen molar-refractivity contribution in [2.24, 2.45) is 0 Å². The first-order valence-corrected chi connectivity index (χ1v) is 7.85. The second-order valence-corrected chi connectivity index (χ2v) is 6.99. The van der Waals surface area contributed by atoms with E-state index < -0.39 is 16.6 Å². The molecule has 1 fully saturated rings. The minimum Gasteiger partial charge on any atom is -0.444 e. The summed E-state index contributed by atoms with van der Waals surface area (Å²) in [5.74, 6) is 0. The third kappa shape index (κ3) is 4.67. The van der Waals surface area contributed by atoms with E-state index in [1.807, 2.05) is 20.8 Å². The van der Waals surface area contributed by atoms with Crippen LogP contribution in [-0.4, -0.2) is 32.4 Å². The Morgan fingerprint density at radius 2 is 2.00 bits per heavy atom. The van der Waals surface area contributed by atoms with Crippen LogP contribution in [0, 0.1) is 17.0 Å². The molecule has 0 spiro atoms. The average Bonchev–Trinajstić information content (AvgIpc) is 2.79. The molecule has 0 aromatic carbocycles. The molecular weight excluding hydrogens is 300 g/mol. The topological polar surface area (TPSA) is 99.3 Å². The minimum absolute atomic E-state index is 0.0546. The Morgan fingerprint density at radius 3 is 2.48 bits per heavy atom. The number of aromatic nitrogens is 2. The minimum atomic E-state index is -0.507. The third-order valence-electron chi connectivity index (χ3n) is 3.88. The number of amides is 1. The van der Waals surface area contributed by atoms with Crippen molar-refractivity contribution in [3.63, 3.8) is 0 Å². The Labute approximate surface area is 135 Å². The fourth-order valence-electron chi connectivity index (χ4n) is 2.80. The number of rotatable bonds is 3. The molecule has 1 aliphatic carbocycles. The lowest BCUT2D eigenvalue weighted by atomic mass is 9.91. The quantitative estimate of drug-likeness (QED) is 0.680. The van der Waals surface area contributed by atoms with E-state index in [9.17, 15) is 14.9 Å². The summed E-state index contributed by atoms with van der Waals surface area (Å²) in [6.07, 6.45) is 4.35. The van der Waals surface area contributed by atoms with Crippen molar-refractivity contribution in [2.75, 3.05) is 0 Å². The van der Waals surface area contributed by atoms with Crippen LogP contribution in [0.5, 0.6) is 0 Å². The van der Waals surface area contributed by atoms with Gasteiger partial charge in [0.25, 0.3) is 0 Å². The Morgan fingerprint density at radius 1 is 1.39 bits per heavy atom. The van der Waals surface area contributed by atoms with Gasteiger partial charge in [-0.05, 0) is 53.4 Å². The molecule has 0 aliphatic heterocycles. The number of carbonyl (C=O) groups is 1. The summed E-state index contributed by atoms with van der Waals surface area (Å²) in [6.45, 7) is 7.13. The van der Waals surface area contributed by atoms with Crippen molar-refractivity contribution in [3.05, 3.63) is 22.0 Å². The lowest BCUT2D eigenvalue weighted by molar-refractivity contribution is -0.385. The van der Waals surface area contributed by atoms with E-state index in [1.165, 1.54) is 6.20 Å². The van der Waals surface area contributed by atoms with Gasteiger partial charge < -0.3 is 10.1 Å². The van der Waals surface area contributed by atoms with E-state index in [1.54, 1.807) is 11.6 Å². The van der Waals surface area contributed by atoms with Crippen LogP contribution in [0.25, 0.3) is 0 Å². The van der Waals surface area contributed by atoms with Crippen LogP contribution < -0.4 is 5.32 Å². The second kappa shape index (κ2) is 6.55. The first-order valence-electron chi connectivity index (χ1n) is 7.85. The first-order chi connectivity index (χ1) is 10.7. The highest BCUT2D eigenvalue weighted by molar-refractivity contribution is 5.68. The summed E-state index contributed by atoms with van der Waals surface area (Å²) in [5.41, 5.74) is -0.0182. The van der Waals surface area contributed by atoms with Crippen LogP contribution in [-0.2, 0) is 4.74 Å². The number of nitrogens with zero attached hydrogens (tertiary/aromatic N) is 3. The molecule has 1 N–H and O–H groups in total. The van der Waals surface area contributed by atoms with Gasteiger partial charge in [-0.2, -0.15) is 5.10 Å². The van der Waals surface area contributed by atoms with Gasteiger partial charge in [0.2, 0.25) is 0 Å². The SMILES string of the molecule is Cc1nn([C@H]2CC[C@@H](NC(=O)OC(C)(C)C)CC2)cc1[N+](=O)[O-]. The van der Waals surface area contributed by atoms with Gasteiger partial charge in [0.15, 0.2) is 0 Å². The van der Waals surface area contributed by atoms with E-state index in [-0.39, 0.29) is 17.8 Å². The molecule has 0 atom stereocenters. The van der Waals surface area contributed by atoms with Gasteiger partial charge in [-0.15, -0.1) is 0 Å². The lowest BCUT2D eigenvalue weighted by Crippen LogP contribution is -2.41. The Hall–Kier alpha value is -2.12. The van der Waals surface area contributed by atoms with Crippen LogP contribution >= 0.6 is 0 Å². The summed E-state index contributed by atoms with van der Waals surface area (Å²) in [4.78, 5) is 22.3. The van der Waals surface area contributed by atoms with Crippen LogP contribution in [0.15, 0.2) is 6.20 Å². The average molecular weight is 324 g/mol. The van der Waals surface area contributed by atoms with Gasteiger partial charge in [0, 0.05) is 6.04 Å². The fraction of sp³-hybridized carbons (Fsp3) is 0.733. The molecule has 1 aliphatic rings. The lowest BCUT2D eigenvalue weighted by Gasteiger charge is -2.30. The Kier molecular flexibility index (Phi) is 4.91. The van der Waals surface area contributed by atoms with Crippen molar-refractivity contribution >= 4 is 11.8 Å². The maximum absolute atomic E-state index is 11.8. The molecule has 1 aromatic rings. The Balaban J connectivity index is 1.88. The van der Waals surface area contributed by atoms with E-state index in [4.69, 9.17) is 4.74 Å². The molecule has 0 saturated heterocycles. The number of alkyl carbamates (subject to hydrolysis) is 1. The highest BCUT2D eigenvalue weighted by Crippen LogP contribution is 2.30. The molecular formula is C15H24N4O4. The molecule has 0 radical (unpaired) electrons. The van der Waals surface area contributed by atoms with Gasteiger partial charge in [-0.3, -0.25) is 14.8 Å². The van der Waals surface area contributed by atoms with Crippen molar-refractivity contribution in [2.45, 2.75) is 71.1 Å². The van der Waals surface area contributed by atoms with Crippen molar-refractivity contribution in [1.29, 1.82) is 0 Å². The van der Waals surface area contributed by atoms with Gasteiger partial charge in [0.05, 0.1) is 11.0 Å². The number of nitro groups is 1. The smallest absolute Gasteiger partial charge is 0.407 e. The monoisotopic (exact) mass is 324 g/mol. The van der Waals surface area contributed by atoms with E-state index in [0.29, 0.717) is 5.69 Å². The van der Waals surface area contributed by atoms with E-state index >= 15 is 0 Å². The molecule has 8 nitrogen and oxygen atoms in total. The standard InChI is InChI=1S/C15H24N4O4/c1-10-13(19(21)22)9-18(17-10)12-7-5-11(6-8-12)16-14(20)23-15(2,3)4/h9,11-12H,5-8H2,1-4H3,(H,16,20)/t11-,12+. The van der Waals surface area contributed by atoms with Crippen molar-refractivity contribution < 1.29 is 14.5 Å². The van der Waals surface area contributed by atoms with Gasteiger partial charge >= 0.3 is 11.8 Å². The molecule has 2 rings (SSSR count). The van der Waals surface area contributed by atoms with Gasteiger partial charge in [0.1, 0.15) is 17.5 Å². The van der Waals surface area contributed by atoms with Crippen LogP contribution in [0.3, 0.4) is 0 Å². The summed E-state index contributed by atoms with van der Waals surface area (Å²) >= 11 is 0. The number of hydrogen-bond acceptors (Lipinski definition) is 5. The number of carbonyl (C=O) groups excluding carboxylic acids is 1. The van der Waals surface area contributed by atoms with Crippen LogP contribution in [0.2, 0.25) is 0 Å². The van der Waals surface area contributed by atoms with Gasteiger partial charge in [-0.25, -0.2) is 4.79 Å². The summed E-state index contributed by atoms with van der Waals surface area (Å²) in [7, 11) is 0. The van der Waals surface area contributed by atoms with Crippen molar-refractivity contribution in [1.82, 2.24) is 15.1 Å². The zero-order valence-electron chi connectivity index (χ0n) is 14.0. The zero-order chi connectivity index (χ0) is 17.2. The maximum atomic E-state index is 11.8. The number of nitrogens with one attached hydrogen (secondary N) is 1. The maximum Gasteiger partial charge on any atom is 0.407 e. The highest BCUT2D eigenvalue weighted by Gasteiger charge is 2.27. The third-order valence-corrected chi connectivity index (χ3v) is 3.88. The molecule has 1 heterocycles. The summed E-state index contributed by atoms with van der Waals surface area (Å²) in [6, 6.07) is 0.215. The van der Waals surface area contributed by atoms with Crippen LogP contribution in [0.1, 0.15) is 58.2 Å². The Bertz CT molecular complexity index is 583. The molecule has 1 amide bonds. The van der Waals surface area contributed by atoms with E-state index in [2.05, 4.69) is 10.4 Å². The molecule has 128 valence electrons. The van der Waals surface area contributed by atoms with E-state index in [0.717, 1.165) is 25.7 Å². The number of ether oxygens (including phenoxy) is 1. The molecule has 8 heteroatoms.